The molecule has 2 aliphatic rings. The van der Waals surface area contributed by atoms with E-state index in [2.05, 4.69) is 25.2 Å². The van der Waals surface area contributed by atoms with Crippen molar-refractivity contribution in [2.24, 2.45) is 0 Å². The molecule has 1 saturated heterocycles. The number of rotatable bonds is 4. The first-order valence-electron chi connectivity index (χ1n) is 8.54. The molecule has 1 N–H and O–H groups in total. The molecule has 3 rings (SSSR count). The summed E-state index contributed by atoms with van der Waals surface area (Å²) in [5.41, 5.74) is 1.33. The highest BCUT2D eigenvalue weighted by Crippen LogP contribution is 2.25. The zero-order valence-corrected chi connectivity index (χ0v) is 13.4. The van der Waals surface area contributed by atoms with E-state index in [9.17, 15) is 4.79 Å². The van der Waals surface area contributed by atoms with Gasteiger partial charge in [0.15, 0.2) is 0 Å². The van der Waals surface area contributed by atoms with E-state index in [0.717, 1.165) is 19.0 Å². The second-order valence-electron chi connectivity index (χ2n) is 6.67. The summed E-state index contributed by atoms with van der Waals surface area (Å²) >= 11 is 0. The number of piperidine rings is 1. The smallest absolute Gasteiger partial charge is 0.226 e. The third-order valence-corrected chi connectivity index (χ3v) is 4.98. The Bertz CT molecular complexity index is 496. The Kier molecular flexibility index (Phi) is 5.08. The predicted octanol–water partition coefficient (Wildman–Crippen LogP) is 1.83. The second kappa shape index (κ2) is 7.22. The van der Waals surface area contributed by atoms with E-state index in [1.54, 1.807) is 0 Å². The van der Waals surface area contributed by atoms with Gasteiger partial charge in [-0.2, -0.15) is 0 Å². The fourth-order valence-corrected chi connectivity index (χ4v) is 3.74. The lowest BCUT2D eigenvalue weighted by Gasteiger charge is -2.40. The van der Waals surface area contributed by atoms with Crippen molar-refractivity contribution in [1.82, 2.24) is 20.5 Å². The summed E-state index contributed by atoms with van der Waals surface area (Å²) in [5.74, 6) is 0.0225. The third kappa shape index (κ3) is 3.85. The number of likely N-dealkylation sites (tertiary alicyclic amines) is 1. The van der Waals surface area contributed by atoms with Gasteiger partial charge >= 0.3 is 0 Å². The molecular formula is C16H26N4O2. The van der Waals surface area contributed by atoms with Crippen LogP contribution in [-0.4, -0.2) is 46.3 Å². The van der Waals surface area contributed by atoms with E-state index < -0.39 is 0 Å². The molecule has 1 atom stereocenters. The van der Waals surface area contributed by atoms with Crippen LogP contribution in [0.15, 0.2) is 4.63 Å². The van der Waals surface area contributed by atoms with Crippen LogP contribution in [0.4, 0.5) is 0 Å². The normalized spacial score (nSPS) is 24.3. The van der Waals surface area contributed by atoms with Gasteiger partial charge in [-0.3, -0.25) is 9.69 Å². The molecule has 1 amide bonds. The largest absolute Gasteiger partial charge is 0.352 e. The van der Waals surface area contributed by atoms with Crippen LogP contribution in [0.1, 0.15) is 56.3 Å². The minimum absolute atomic E-state index is 0.0225. The molecule has 1 aliphatic heterocycles. The maximum absolute atomic E-state index is 12.2. The first kappa shape index (κ1) is 15.5. The number of carbonyl (C=O) groups is 1. The zero-order chi connectivity index (χ0) is 15.4. The number of amides is 1. The van der Waals surface area contributed by atoms with Gasteiger partial charge in [0.25, 0.3) is 0 Å². The number of aryl methyl sites for hydroxylation is 1. The van der Waals surface area contributed by atoms with Crippen molar-refractivity contribution in [3.8, 4) is 0 Å². The lowest BCUT2D eigenvalue weighted by Crippen LogP contribution is -2.51. The fraction of sp³-hybridized carbons (Fsp3) is 0.812. The molecule has 1 aromatic heterocycles. The Morgan fingerprint density at radius 3 is 2.77 bits per heavy atom. The highest BCUT2D eigenvalue weighted by Gasteiger charge is 2.27. The zero-order valence-electron chi connectivity index (χ0n) is 13.4. The molecule has 122 valence electrons. The molecule has 0 spiro atoms. The topological polar surface area (TPSA) is 71.3 Å². The van der Waals surface area contributed by atoms with E-state index in [1.807, 2.05) is 6.92 Å². The summed E-state index contributed by atoms with van der Waals surface area (Å²) in [6.45, 7) is 3.99. The molecule has 1 unspecified atom stereocenters. The van der Waals surface area contributed by atoms with E-state index in [1.165, 1.54) is 45.1 Å². The molecule has 2 fully saturated rings. The van der Waals surface area contributed by atoms with Crippen LogP contribution in [0.25, 0.3) is 0 Å². The Hall–Kier alpha value is -1.43. The molecule has 1 saturated carbocycles. The SMILES string of the molecule is Cc1nonc1CC(=O)NC1CCCN(C2CCCCC2)C1. The molecule has 6 heteroatoms. The predicted molar refractivity (Wildman–Crippen MR) is 82.3 cm³/mol. The first-order valence-corrected chi connectivity index (χ1v) is 8.54. The second-order valence-corrected chi connectivity index (χ2v) is 6.67. The first-order chi connectivity index (χ1) is 10.7. The van der Waals surface area contributed by atoms with Crippen LogP contribution in [0.5, 0.6) is 0 Å². The van der Waals surface area contributed by atoms with E-state index >= 15 is 0 Å². The Labute approximate surface area is 131 Å². The molecule has 0 radical (unpaired) electrons. The van der Waals surface area contributed by atoms with Gasteiger partial charge in [-0.15, -0.1) is 0 Å². The van der Waals surface area contributed by atoms with Gasteiger partial charge in [0, 0.05) is 18.6 Å². The van der Waals surface area contributed by atoms with Gasteiger partial charge in [0.1, 0.15) is 11.4 Å². The van der Waals surface area contributed by atoms with Gasteiger partial charge < -0.3 is 5.32 Å². The van der Waals surface area contributed by atoms with Crippen LogP contribution in [-0.2, 0) is 11.2 Å². The number of hydrogen-bond donors (Lipinski definition) is 1. The highest BCUT2D eigenvalue weighted by atomic mass is 16.6. The average molecular weight is 306 g/mol. The van der Waals surface area contributed by atoms with Crippen molar-refractivity contribution in [2.75, 3.05) is 13.1 Å². The van der Waals surface area contributed by atoms with Crippen molar-refractivity contribution in [3.05, 3.63) is 11.4 Å². The molecule has 1 aliphatic carbocycles. The van der Waals surface area contributed by atoms with Crippen molar-refractivity contribution < 1.29 is 9.42 Å². The fourth-order valence-electron chi connectivity index (χ4n) is 3.74. The van der Waals surface area contributed by atoms with E-state index in [4.69, 9.17) is 0 Å². The molecule has 6 nitrogen and oxygen atoms in total. The summed E-state index contributed by atoms with van der Waals surface area (Å²) in [6.07, 6.45) is 9.25. The number of aromatic nitrogens is 2. The molecule has 0 bridgehead atoms. The van der Waals surface area contributed by atoms with Crippen LogP contribution < -0.4 is 5.32 Å². The number of carbonyl (C=O) groups excluding carboxylic acids is 1. The quantitative estimate of drug-likeness (QED) is 0.919. The maximum atomic E-state index is 12.2. The van der Waals surface area contributed by atoms with Crippen molar-refractivity contribution in [2.45, 2.75) is 70.4 Å². The minimum atomic E-state index is 0.0225. The third-order valence-electron chi connectivity index (χ3n) is 4.98. The Morgan fingerprint density at radius 1 is 1.23 bits per heavy atom. The van der Waals surface area contributed by atoms with Gasteiger partial charge in [-0.05, 0) is 39.2 Å². The maximum Gasteiger partial charge on any atom is 0.226 e. The Morgan fingerprint density at radius 2 is 2.05 bits per heavy atom. The molecule has 1 aromatic rings. The molecule has 0 aromatic carbocycles. The lowest BCUT2D eigenvalue weighted by atomic mass is 9.92. The van der Waals surface area contributed by atoms with Crippen molar-refractivity contribution in [1.29, 1.82) is 0 Å². The number of nitrogens with one attached hydrogen (secondary N) is 1. The van der Waals surface area contributed by atoms with Gasteiger partial charge in [0.2, 0.25) is 5.91 Å². The Balaban J connectivity index is 1.49. The summed E-state index contributed by atoms with van der Waals surface area (Å²) in [6, 6.07) is 0.999. The van der Waals surface area contributed by atoms with Gasteiger partial charge in [-0.25, -0.2) is 4.63 Å². The van der Waals surface area contributed by atoms with Crippen molar-refractivity contribution >= 4 is 5.91 Å². The average Bonchev–Trinajstić information content (AvgIpc) is 2.93. The summed E-state index contributed by atoms with van der Waals surface area (Å²) in [7, 11) is 0. The molecule has 2 heterocycles. The van der Waals surface area contributed by atoms with Crippen LogP contribution in [0.2, 0.25) is 0 Å². The lowest BCUT2D eigenvalue weighted by molar-refractivity contribution is -0.121. The van der Waals surface area contributed by atoms with E-state index in [-0.39, 0.29) is 18.4 Å². The number of hydrogen-bond acceptors (Lipinski definition) is 5. The summed E-state index contributed by atoms with van der Waals surface area (Å²) in [4.78, 5) is 14.8. The number of nitrogens with zero attached hydrogens (tertiary/aromatic N) is 3. The standard InChI is InChI=1S/C16H26N4O2/c1-12-15(19-22-18-12)10-16(21)17-13-6-5-9-20(11-13)14-7-3-2-4-8-14/h13-14H,2-11H2,1H3,(H,17,21). The van der Waals surface area contributed by atoms with Crippen LogP contribution >= 0.6 is 0 Å². The van der Waals surface area contributed by atoms with Gasteiger partial charge in [-0.1, -0.05) is 29.6 Å². The van der Waals surface area contributed by atoms with Gasteiger partial charge in [0.05, 0.1) is 6.42 Å². The summed E-state index contributed by atoms with van der Waals surface area (Å²) in [5, 5.41) is 10.7. The highest BCUT2D eigenvalue weighted by molar-refractivity contribution is 5.78. The monoisotopic (exact) mass is 306 g/mol. The van der Waals surface area contributed by atoms with Crippen molar-refractivity contribution in [3.63, 3.8) is 0 Å². The summed E-state index contributed by atoms with van der Waals surface area (Å²) < 4.78 is 4.64. The molecule has 22 heavy (non-hydrogen) atoms. The minimum Gasteiger partial charge on any atom is -0.352 e. The van der Waals surface area contributed by atoms with E-state index in [0.29, 0.717) is 11.4 Å². The van der Waals surface area contributed by atoms with Crippen LogP contribution in [0.3, 0.4) is 0 Å². The van der Waals surface area contributed by atoms with Crippen LogP contribution in [0, 0.1) is 6.92 Å². The molecular weight excluding hydrogens is 280 g/mol.